The Morgan fingerprint density at radius 3 is 2.32 bits per heavy atom. The topological polar surface area (TPSA) is 46.3 Å². The van der Waals surface area contributed by atoms with Gasteiger partial charge in [-0.1, -0.05) is 20.3 Å². The summed E-state index contributed by atoms with van der Waals surface area (Å²) in [6.07, 6.45) is 3.83. The molecule has 0 amide bonds. The molecule has 0 atom stereocenters. The van der Waals surface area contributed by atoms with Gasteiger partial charge in [0.1, 0.15) is 0 Å². The number of anilines is 1. The van der Waals surface area contributed by atoms with Crippen molar-refractivity contribution in [3.63, 3.8) is 0 Å². The molecule has 1 aliphatic rings. The molecule has 0 aromatic heterocycles. The van der Waals surface area contributed by atoms with Crippen LogP contribution < -0.4 is 5.73 Å². The van der Waals surface area contributed by atoms with Gasteiger partial charge in [0.25, 0.3) is 0 Å². The smallest absolute Gasteiger partial charge is 0.169 e. The third-order valence-corrected chi connectivity index (χ3v) is 3.86. The van der Waals surface area contributed by atoms with E-state index in [1.807, 2.05) is 26.0 Å². The lowest BCUT2D eigenvalue weighted by molar-refractivity contribution is 0.0744. The Labute approximate surface area is 115 Å². The molecule has 104 valence electrons. The SMILES string of the molecule is CC(C)(CN1CCCCC1)C(=O)c1ccc(N)cc1. The Bertz CT molecular complexity index is 431. The normalized spacial score (nSPS) is 17.4. The summed E-state index contributed by atoms with van der Waals surface area (Å²) in [5.41, 5.74) is 6.79. The molecule has 0 spiro atoms. The maximum Gasteiger partial charge on any atom is 0.169 e. The first kappa shape index (κ1) is 14.1. The van der Waals surface area contributed by atoms with Crippen LogP contribution in [0.5, 0.6) is 0 Å². The van der Waals surface area contributed by atoms with Crippen LogP contribution >= 0.6 is 0 Å². The van der Waals surface area contributed by atoms with Crippen molar-refractivity contribution in [3.05, 3.63) is 29.8 Å². The Morgan fingerprint density at radius 2 is 1.74 bits per heavy atom. The van der Waals surface area contributed by atoms with Gasteiger partial charge in [0.2, 0.25) is 0 Å². The summed E-state index contributed by atoms with van der Waals surface area (Å²) in [6, 6.07) is 7.25. The fourth-order valence-corrected chi connectivity index (χ4v) is 2.77. The summed E-state index contributed by atoms with van der Waals surface area (Å²) in [5, 5.41) is 0. The molecule has 2 rings (SSSR count). The van der Waals surface area contributed by atoms with Crippen molar-refractivity contribution in [2.75, 3.05) is 25.4 Å². The number of nitrogens with zero attached hydrogens (tertiary/aromatic N) is 1. The first-order chi connectivity index (χ1) is 8.99. The van der Waals surface area contributed by atoms with Crippen molar-refractivity contribution < 1.29 is 4.79 Å². The molecule has 3 heteroatoms. The van der Waals surface area contributed by atoms with E-state index in [-0.39, 0.29) is 11.2 Å². The first-order valence-electron chi connectivity index (χ1n) is 7.12. The minimum absolute atomic E-state index is 0.207. The van der Waals surface area contributed by atoms with Gasteiger partial charge in [-0.25, -0.2) is 0 Å². The van der Waals surface area contributed by atoms with E-state index >= 15 is 0 Å². The summed E-state index contributed by atoms with van der Waals surface area (Å²) in [7, 11) is 0. The van der Waals surface area contributed by atoms with E-state index in [9.17, 15) is 4.79 Å². The fraction of sp³-hybridized carbons (Fsp3) is 0.562. The van der Waals surface area contributed by atoms with Gasteiger partial charge in [-0.3, -0.25) is 4.79 Å². The Hall–Kier alpha value is -1.35. The van der Waals surface area contributed by atoms with Gasteiger partial charge in [0, 0.05) is 23.2 Å². The number of carbonyl (C=O) groups is 1. The van der Waals surface area contributed by atoms with E-state index in [1.54, 1.807) is 12.1 Å². The molecule has 19 heavy (non-hydrogen) atoms. The first-order valence-corrected chi connectivity index (χ1v) is 7.12. The van der Waals surface area contributed by atoms with Gasteiger partial charge in [-0.05, 0) is 50.2 Å². The number of carbonyl (C=O) groups excluding carboxylic acids is 1. The highest BCUT2D eigenvalue weighted by Crippen LogP contribution is 2.25. The zero-order valence-electron chi connectivity index (χ0n) is 12.0. The van der Waals surface area contributed by atoms with Crippen LogP contribution in [0, 0.1) is 5.41 Å². The molecule has 1 aromatic carbocycles. The molecular formula is C16H24N2O. The van der Waals surface area contributed by atoms with Crippen molar-refractivity contribution in [2.24, 2.45) is 5.41 Å². The largest absolute Gasteiger partial charge is 0.399 e. The second kappa shape index (κ2) is 5.74. The van der Waals surface area contributed by atoms with Crippen molar-refractivity contribution in [2.45, 2.75) is 33.1 Å². The standard InChI is InChI=1S/C16H24N2O/c1-16(2,12-18-10-4-3-5-11-18)15(19)13-6-8-14(17)9-7-13/h6-9H,3-5,10-12,17H2,1-2H3. The van der Waals surface area contributed by atoms with E-state index in [4.69, 9.17) is 5.73 Å². The van der Waals surface area contributed by atoms with Gasteiger partial charge < -0.3 is 10.6 Å². The fourth-order valence-electron chi connectivity index (χ4n) is 2.77. The number of piperidine rings is 1. The predicted molar refractivity (Wildman–Crippen MR) is 79.3 cm³/mol. The molecular weight excluding hydrogens is 236 g/mol. The summed E-state index contributed by atoms with van der Waals surface area (Å²) in [4.78, 5) is 15.0. The minimum atomic E-state index is -0.340. The molecule has 0 radical (unpaired) electrons. The number of hydrogen-bond donors (Lipinski definition) is 1. The molecule has 0 unspecified atom stereocenters. The number of nitrogen functional groups attached to an aromatic ring is 1. The molecule has 1 aliphatic heterocycles. The number of rotatable bonds is 4. The van der Waals surface area contributed by atoms with Crippen LogP contribution in [0.1, 0.15) is 43.5 Å². The van der Waals surface area contributed by atoms with Crippen LogP contribution in [0.25, 0.3) is 0 Å². The average Bonchev–Trinajstić information content (AvgIpc) is 2.39. The Balaban J connectivity index is 2.05. The zero-order valence-corrected chi connectivity index (χ0v) is 12.0. The highest BCUT2D eigenvalue weighted by atomic mass is 16.1. The highest BCUT2D eigenvalue weighted by molar-refractivity contribution is 6.00. The van der Waals surface area contributed by atoms with Crippen LogP contribution in [0.4, 0.5) is 5.69 Å². The van der Waals surface area contributed by atoms with E-state index in [1.165, 1.54) is 19.3 Å². The van der Waals surface area contributed by atoms with Gasteiger partial charge in [0.05, 0.1) is 0 Å². The zero-order chi connectivity index (χ0) is 13.9. The quantitative estimate of drug-likeness (QED) is 0.668. The van der Waals surface area contributed by atoms with E-state index in [2.05, 4.69) is 4.90 Å². The number of ketones is 1. The van der Waals surface area contributed by atoms with Crippen molar-refractivity contribution in [1.29, 1.82) is 0 Å². The van der Waals surface area contributed by atoms with Gasteiger partial charge in [-0.15, -0.1) is 0 Å². The number of nitrogens with two attached hydrogens (primary N) is 1. The van der Waals surface area contributed by atoms with Gasteiger partial charge in [-0.2, -0.15) is 0 Å². The summed E-state index contributed by atoms with van der Waals surface area (Å²) in [6.45, 7) is 7.17. The molecule has 1 saturated heterocycles. The van der Waals surface area contributed by atoms with Crippen LogP contribution in [0.2, 0.25) is 0 Å². The molecule has 0 aliphatic carbocycles. The van der Waals surface area contributed by atoms with Gasteiger partial charge in [0.15, 0.2) is 5.78 Å². The van der Waals surface area contributed by atoms with E-state index < -0.39 is 0 Å². The van der Waals surface area contributed by atoms with Crippen LogP contribution in [-0.2, 0) is 0 Å². The molecule has 1 fully saturated rings. The van der Waals surface area contributed by atoms with E-state index in [0.717, 1.165) is 25.2 Å². The van der Waals surface area contributed by atoms with Crippen molar-refractivity contribution in [3.8, 4) is 0 Å². The summed E-state index contributed by atoms with van der Waals surface area (Å²) >= 11 is 0. The average molecular weight is 260 g/mol. The third kappa shape index (κ3) is 3.57. The molecule has 3 nitrogen and oxygen atoms in total. The maximum atomic E-state index is 12.6. The van der Waals surface area contributed by atoms with Gasteiger partial charge >= 0.3 is 0 Å². The van der Waals surface area contributed by atoms with Crippen molar-refractivity contribution >= 4 is 11.5 Å². The lowest BCUT2D eigenvalue weighted by Gasteiger charge is -2.34. The Morgan fingerprint density at radius 1 is 1.16 bits per heavy atom. The van der Waals surface area contributed by atoms with Crippen LogP contribution in [0.3, 0.4) is 0 Å². The Kier molecular flexibility index (Phi) is 4.25. The predicted octanol–water partition coefficient (Wildman–Crippen LogP) is 2.96. The van der Waals surface area contributed by atoms with E-state index in [0.29, 0.717) is 5.69 Å². The summed E-state index contributed by atoms with van der Waals surface area (Å²) < 4.78 is 0. The summed E-state index contributed by atoms with van der Waals surface area (Å²) in [5.74, 6) is 0.207. The monoisotopic (exact) mass is 260 g/mol. The van der Waals surface area contributed by atoms with Crippen LogP contribution in [0.15, 0.2) is 24.3 Å². The number of Topliss-reactive ketones (excluding diaryl/α,β-unsaturated/α-hetero) is 1. The molecule has 1 heterocycles. The minimum Gasteiger partial charge on any atom is -0.399 e. The molecule has 0 bridgehead atoms. The van der Waals surface area contributed by atoms with Crippen LogP contribution in [-0.4, -0.2) is 30.3 Å². The van der Waals surface area contributed by atoms with Crippen molar-refractivity contribution in [1.82, 2.24) is 4.90 Å². The molecule has 1 aromatic rings. The lowest BCUT2D eigenvalue weighted by atomic mass is 9.83. The lowest BCUT2D eigenvalue weighted by Crippen LogP contribution is -2.41. The second-order valence-electron chi connectivity index (χ2n) is 6.17. The second-order valence-corrected chi connectivity index (χ2v) is 6.17. The number of hydrogen-bond acceptors (Lipinski definition) is 3. The highest BCUT2D eigenvalue weighted by Gasteiger charge is 2.31. The molecule has 2 N–H and O–H groups in total. The number of likely N-dealkylation sites (tertiary alicyclic amines) is 1. The third-order valence-electron chi connectivity index (χ3n) is 3.86. The molecule has 0 saturated carbocycles. The number of benzene rings is 1. The maximum absolute atomic E-state index is 12.6.